The molecule has 114 valence electrons. The Labute approximate surface area is 133 Å². The molecule has 2 aromatic carbocycles. The number of ether oxygens (including phenoxy) is 1. The molecule has 0 saturated heterocycles. The molecule has 0 bridgehead atoms. The third-order valence-electron chi connectivity index (χ3n) is 2.85. The number of benzene rings is 2. The Kier molecular flexibility index (Phi) is 5.80. The van der Waals surface area contributed by atoms with Gasteiger partial charge < -0.3 is 10.1 Å². The molecule has 0 aliphatic heterocycles. The number of hydrogen-bond acceptors (Lipinski definition) is 4. The number of halogens is 1. The third kappa shape index (κ3) is 4.49. The summed E-state index contributed by atoms with van der Waals surface area (Å²) in [5.74, 6) is 0.417. The number of anilines is 1. The van der Waals surface area contributed by atoms with Crippen molar-refractivity contribution in [3.8, 4) is 5.75 Å². The molecule has 0 aromatic heterocycles. The quantitative estimate of drug-likeness (QED) is 0.636. The van der Waals surface area contributed by atoms with Crippen LogP contribution in [0.1, 0.15) is 5.56 Å². The van der Waals surface area contributed by atoms with Gasteiger partial charge in [-0.2, -0.15) is 5.10 Å². The highest BCUT2D eigenvalue weighted by Crippen LogP contribution is 2.19. The average Bonchev–Trinajstić information content (AvgIpc) is 2.54. The van der Waals surface area contributed by atoms with Crippen LogP contribution >= 0.6 is 11.6 Å². The molecule has 2 N–H and O–H groups in total. The summed E-state index contributed by atoms with van der Waals surface area (Å²) >= 11 is 5.99. The van der Waals surface area contributed by atoms with E-state index in [1.807, 2.05) is 36.4 Å². The van der Waals surface area contributed by atoms with E-state index in [1.165, 1.54) is 6.21 Å². The van der Waals surface area contributed by atoms with E-state index >= 15 is 0 Å². The first kappa shape index (κ1) is 15.9. The normalized spacial score (nSPS) is 10.5. The maximum Gasteiger partial charge on any atom is 0.259 e. The van der Waals surface area contributed by atoms with E-state index in [1.54, 1.807) is 19.2 Å². The number of carbonyl (C=O) groups is 1. The van der Waals surface area contributed by atoms with E-state index in [0.29, 0.717) is 16.5 Å². The molecule has 0 aliphatic rings. The molecule has 5 nitrogen and oxygen atoms in total. The number of hydrogen-bond donors (Lipinski definition) is 2. The van der Waals surface area contributed by atoms with Gasteiger partial charge in [-0.15, -0.1) is 0 Å². The van der Waals surface area contributed by atoms with E-state index in [9.17, 15) is 4.79 Å². The van der Waals surface area contributed by atoms with Crippen LogP contribution in [0, 0.1) is 0 Å². The molecule has 0 radical (unpaired) electrons. The molecule has 0 heterocycles. The van der Waals surface area contributed by atoms with Crippen LogP contribution in [0.25, 0.3) is 0 Å². The van der Waals surface area contributed by atoms with Gasteiger partial charge >= 0.3 is 0 Å². The zero-order valence-electron chi connectivity index (χ0n) is 12.0. The molecule has 1 amide bonds. The predicted octanol–water partition coefficient (Wildman–Crippen LogP) is 2.91. The molecule has 6 heteroatoms. The van der Waals surface area contributed by atoms with Gasteiger partial charge in [-0.3, -0.25) is 4.79 Å². The van der Waals surface area contributed by atoms with Gasteiger partial charge in [0.05, 0.1) is 30.6 Å². The molecule has 0 spiro atoms. The number of methoxy groups -OCH3 is 1. The number of amides is 1. The van der Waals surface area contributed by atoms with Gasteiger partial charge in [0, 0.05) is 5.56 Å². The summed E-state index contributed by atoms with van der Waals surface area (Å²) in [7, 11) is 1.58. The van der Waals surface area contributed by atoms with Crippen molar-refractivity contribution < 1.29 is 9.53 Å². The van der Waals surface area contributed by atoms with Crippen molar-refractivity contribution in [2.24, 2.45) is 5.10 Å². The molecule has 0 saturated carbocycles. The van der Waals surface area contributed by atoms with Crippen molar-refractivity contribution >= 4 is 29.4 Å². The summed E-state index contributed by atoms with van der Waals surface area (Å²) in [6.07, 6.45) is 1.53. The lowest BCUT2D eigenvalue weighted by atomic mass is 10.2. The fourth-order valence-corrected chi connectivity index (χ4v) is 1.97. The van der Waals surface area contributed by atoms with E-state index in [4.69, 9.17) is 16.3 Å². The van der Waals surface area contributed by atoms with Crippen LogP contribution in [-0.2, 0) is 4.79 Å². The highest BCUT2D eigenvalue weighted by Gasteiger charge is 2.02. The summed E-state index contributed by atoms with van der Waals surface area (Å²) in [6, 6.07) is 14.6. The standard InChI is InChI=1S/C16H16ClN3O2/c1-22-15-9-5-2-6-12(15)10-19-20-16(21)11-18-14-8-4-3-7-13(14)17/h2-10,18H,11H2,1H3,(H,20,21). The van der Waals surface area contributed by atoms with Gasteiger partial charge in [0.1, 0.15) is 5.75 Å². The zero-order chi connectivity index (χ0) is 15.8. The lowest BCUT2D eigenvalue weighted by Gasteiger charge is -2.07. The monoisotopic (exact) mass is 317 g/mol. The van der Waals surface area contributed by atoms with Crippen LogP contribution in [0.3, 0.4) is 0 Å². The topological polar surface area (TPSA) is 62.7 Å². The van der Waals surface area contributed by atoms with Crippen molar-refractivity contribution in [3.63, 3.8) is 0 Å². The van der Waals surface area contributed by atoms with Gasteiger partial charge in [0.2, 0.25) is 0 Å². The van der Waals surface area contributed by atoms with Gasteiger partial charge in [0.15, 0.2) is 0 Å². The second-order valence-electron chi connectivity index (χ2n) is 4.37. The zero-order valence-corrected chi connectivity index (χ0v) is 12.8. The maximum atomic E-state index is 11.7. The van der Waals surface area contributed by atoms with E-state index in [0.717, 1.165) is 5.56 Å². The van der Waals surface area contributed by atoms with Gasteiger partial charge in [-0.05, 0) is 24.3 Å². The first-order chi connectivity index (χ1) is 10.7. The Bertz CT molecular complexity index is 674. The maximum absolute atomic E-state index is 11.7. The number of nitrogens with zero attached hydrogens (tertiary/aromatic N) is 1. The number of nitrogens with one attached hydrogen (secondary N) is 2. The Hall–Kier alpha value is -2.53. The lowest BCUT2D eigenvalue weighted by Crippen LogP contribution is -2.26. The number of carbonyl (C=O) groups excluding carboxylic acids is 1. The molecule has 0 fully saturated rings. The minimum absolute atomic E-state index is 0.0764. The van der Waals surface area contributed by atoms with Crippen LogP contribution in [0.4, 0.5) is 5.69 Å². The molecule has 22 heavy (non-hydrogen) atoms. The van der Waals surface area contributed by atoms with Gasteiger partial charge in [-0.1, -0.05) is 35.9 Å². The summed E-state index contributed by atoms with van der Waals surface area (Å²) in [4.78, 5) is 11.7. The summed E-state index contributed by atoms with van der Waals surface area (Å²) in [5.41, 5.74) is 3.93. The minimum Gasteiger partial charge on any atom is -0.496 e. The second kappa shape index (κ2) is 8.05. The minimum atomic E-state index is -0.272. The largest absolute Gasteiger partial charge is 0.496 e. The number of hydrazone groups is 1. The van der Waals surface area contributed by atoms with Gasteiger partial charge in [-0.25, -0.2) is 5.43 Å². The second-order valence-corrected chi connectivity index (χ2v) is 4.78. The van der Waals surface area contributed by atoms with Crippen LogP contribution < -0.4 is 15.5 Å². The summed E-state index contributed by atoms with van der Waals surface area (Å²) < 4.78 is 5.19. The third-order valence-corrected chi connectivity index (χ3v) is 3.17. The first-order valence-electron chi connectivity index (χ1n) is 6.64. The van der Waals surface area contributed by atoms with Crippen LogP contribution in [-0.4, -0.2) is 25.8 Å². The molecule has 2 rings (SSSR count). The summed E-state index contributed by atoms with van der Waals surface area (Å²) in [6.45, 7) is 0.0764. The first-order valence-corrected chi connectivity index (χ1v) is 7.02. The van der Waals surface area contributed by atoms with Crippen LogP contribution in [0.5, 0.6) is 5.75 Å². The van der Waals surface area contributed by atoms with E-state index in [2.05, 4.69) is 15.8 Å². The smallest absolute Gasteiger partial charge is 0.259 e. The van der Waals surface area contributed by atoms with Crippen LogP contribution in [0.15, 0.2) is 53.6 Å². The molecular weight excluding hydrogens is 302 g/mol. The summed E-state index contributed by atoms with van der Waals surface area (Å²) in [5, 5.41) is 7.41. The Morgan fingerprint density at radius 2 is 1.95 bits per heavy atom. The molecular formula is C16H16ClN3O2. The fraction of sp³-hybridized carbons (Fsp3) is 0.125. The average molecular weight is 318 g/mol. The highest BCUT2D eigenvalue weighted by molar-refractivity contribution is 6.33. The number of para-hydroxylation sites is 2. The number of rotatable bonds is 6. The SMILES string of the molecule is COc1ccccc1C=NNC(=O)CNc1ccccc1Cl. The highest BCUT2D eigenvalue weighted by atomic mass is 35.5. The van der Waals surface area contributed by atoms with Crippen molar-refractivity contribution in [3.05, 3.63) is 59.1 Å². The van der Waals surface area contributed by atoms with Crippen molar-refractivity contribution in [2.75, 3.05) is 19.0 Å². The van der Waals surface area contributed by atoms with Crippen molar-refractivity contribution in [1.82, 2.24) is 5.43 Å². The van der Waals surface area contributed by atoms with E-state index in [-0.39, 0.29) is 12.5 Å². The van der Waals surface area contributed by atoms with Gasteiger partial charge in [0.25, 0.3) is 5.91 Å². The molecule has 2 aromatic rings. The molecule has 0 aliphatic carbocycles. The lowest BCUT2D eigenvalue weighted by molar-refractivity contribution is -0.119. The van der Waals surface area contributed by atoms with E-state index < -0.39 is 0 Å². The Balaban J connectivity index is 1.85. The molecule has 0 atom stereocenters. The molecule has 0 unspecified atom stereocenters. The van der Waals surface area contributed by atoms with Crippen molar-refractivity contribution in [1.29, 1.82) is 0 Å². The fourth-order valence-electron chi connectivity index (χ4n) is 1.77. The van der Waals surface area contributed by atoms with Crippen LogP contribution in [0.2, 0.25) is 5.02 Å². The Morgan fingerprint density at radius 1 is 1.23 bits per heavy atom. The van der Waals surface area contributed by atoms with Crippen molar-refractivity contribution in [2.45, 2.75) is 0 Å². The Morgan fingerprint density at radius 3 is 2.73 bits per heavy atom. The predicted molar refractivity (Wildman–Crippen MR) is 88.7 cm³/mol.